The van der Waals surface area contributed by atoms with Gasteiger partial charge in [0, 0.05) is 28.7 Å². The molecule has 0 aliphatic carbocycles. The Kier molecular flexibility index (Phi) is 11.5. The third kappa shape index (κ3) is 7.87. The molecule has 226 valence electrons. The third-order valence-corrected chi connectivity index (χ3v) is 9.15. The summed E-state index contributed by atoms with van der Waals surface area (Å²) in [5.74, 6) is -0.421. The first-order chi connectivity index (χ1) is 19.9. The molecular formula is C30H35Cl2N3O6S. The fourth-order valence-electron chi connectivity index (χ4n) is 4.11. The lowest BCUT2D eigenvalue weighted by Gasteiger charge is -2.32. The summed E-state index contributed by atoms with van der Waals surface area (Å²) in [6, 6.07) is 16.2. The number of methoxy groups -OCH3 is 2. The Hall–Kier alpha value is -3.47. The maximum atomic E-state index is 14.0. The van der Waals surface area contributed by atoms with Gasteiger partial charge in [-0.2, -0.15) is 0 Å². The molecule has 3 aromatic rings. The van der Waals surface area contributed by atoms with Crippen LogP contribution >= 0.6 is 23.2 Å². The van der Waals surface area contributed by atoms with Crippen LogP contribution in [0.2, 0.25) is 10.0 Å². The zero-order valence-corrected chi connectivity index (χ0v) is 26.5. The number of benzene rings is 3. The average molecular weight is 637 g/mol. The van der Waals surface area contributed by atoms with Gasteiger partial charge in [0.25, 0.3) is 10.0 Å². The van der Waals surface area contributed by atoms with E-state index in [0.29, 0.717) is 27.8 Å². The van der Waals surface area contributed by atoms with Gasteiger partial charge in [0.2, 0.25) is 11.8 Å². The molecule has 12 heteroatoms. The number of nitrogens with one attached hydrogen (secondary N) is 1. The van der Waals surface area contributed by atoms with Crippen LogP contribution in [-0.4, -0.2) is 58.0 Å². The molecule has 0 saturated carbocycles. The highest BCUT2D eigenvalue weighted by atomic mass is 35.5. The zero-order valence-electron chi connectivity index (χ0n) is 24.1. The maximum absolute atomic E-state index is 14.0. The molecular weight excluding hydrogens is 601 g/mol. The van der Waals surface area contributed by atoms with Crippen molar-refractivity contribution in [3.8, 4) is 11.5 Å². The second-order valence-corrected chi connectivity index (χ2v) is 12.3. The monoisotopic (exact) mass is 635 g/mol. The number of carbonyl (C=O) groups excluding carboxylic acids is 2. The lowest BCUT2D eigenvalue weighted by molar-refractivity contribution is -0.139. The normalized spacial score (nSPS) is 12.6. The van der Waals surface area contributed by atoms with Gasteiger partial charge < -0.3 is 19.7 Å². The Morgan fingerprint density at radius 1 is 0.929 bits per heavy atom. The van der Waals surface area contributed by atoms with Crippen molar-refractivity contribution < 1.29 is 27.5 Å². The number of halogens is 2. The predicted octanol–water partition coefficient (Wildman–Crippen LogP) is 5.54. The van der Waals surface area contributed by atoms with E-state index in [1.807, 2.05) is 13.8 Å². The van der Waals surface area contributed by atoms with Gasteiger partial charge in [0.15, 0.2) is 11.5 Å². The predicted molar refractivity (Wildman–Crippen MR) is 165 cm³/mol. The number of nitrogens with zero attached hydrogens (tertiary/aromatic N) is 2. The maximum Gasteiger partial charge on any atom is 0.264 e. The summed E-state index contributed by atoms with van der Waals surface area (Å²) in [6.45, 7) is 4.74. The van der Waals surface area contributed by atoms with Crippen molar-refractivity contribution in [1.29, 1.82) is 0 Å². The molecule has 0 bridgehead atoms. The molecule has 0 saturated heterocycles. The van der Waals surface area contributed by atoms with E-state index in [2.05, 4.69) is 5.32 Å². The van der Waals surface area contributed by atoms with Crippen molar-refractivity contribution in [2.75, 3.05) is 25.1 Å². The molecule has 0 aliphatic heterocycles. The van der Waals surface area contributed by atoms with E-state index >= 15 is 0 Å². The lowest BCUT2D eigenvalue weighted by atomic mass is 10.1. The van der Waals surface area contributed by atoms with Crippen LogP contribution < -0.4 is 19.1 Å². The smallest absolute Gasteiger partial charge is 0.264 e. The molecule has 0 spiro atoms. The minimum atomic E-state index is -4.29. The van der Waals surface area contributed by atoms with Crippen LogP contribution in [0.3, 0.4) is 0 Å². The van der Waals surface area contributed by atoms with E-state index in [0.717, 1.165) is 4.31 Å². The van der Waals surface area contributed by atoms with Gasteiger partial charge >= 0.3 is 0 Å². The topological polar surface area (TPSA) is 105 Å². The number of hydrogen-bond donors (Lipinski definition) is 1. The van der Waals surface area contributed by atoms with Crippen LogP contribution in [0.4, 0.5) is 5.69 Å². The van der Waals surface area contributed by atoms with Crippen LogP contribution in [0.5, 0.6) is 11.5 Å². The summed E-state index contributed by atoms with van der Waals surface area (Å²) in [5.41, 5.74) is 0.813. The third-order valence-electron chi connectivity index (χ3n) is 6.79. The van der Waals surface area contributed by atoms with Crippen LogP contribution in [0.25, 0.3) is 0 Å². The molecule has 0 radical (unpaired) electrons. The Bertz CT molecular complexity index is 1500. The van der Waals surface area contributed by atoms with E-state index in [4.69, 9.17) is 32.7 Å². The average Bonchev–Trinajstić information content (AvgIpc) is 2.98. The molecule has 0 unspecified atom stereocenters. The van der Waals surface area contributed by atoms with Gasteiger partial charge in [-0.25, -0.2) is 8.42 Å². The van der Waals surface area contributed by atoms with Crippen molar-refractivity contribution in [3.63, 3.8) is 0 Å². The molecule has 3 rings (SSSR count). The van der Waals surface area contributed by atoms with Crippen molar-refractivity contribution in [2.45, 2.75) is 50.7 Å². The SMILES string of the molecule is CC[C@@H](C)NC(=O)[C@@H](C)N(Cc1ccc(Cl)cc1Cl)C(=O)CN(c1ccccc1)S(=O)(=O)c1ccc(OC)c(OC)c1. The number of amides is 2. The summed E-state index contributed by atoms with van der Waals surface area (Å²) >= 11 is 12.5. The molecule has 42 heavy (non-hydrogen) atoms. The van der Waals surface area contributed by atoms with Crippen LogP contribution in [0.1, 0.15) is 32.8 Å². The molecule has 9 nitrogen and oxygen atoms in total. The highest BCUT2D eigenvalue weighted by molar-refractivity contribution is 7.92. The molecule has 0 heterocycles. The molecule has 1 N–H and O–H groups in total. The van der Waals surface area contributed by atoms with Crippen LogP contribution in [0.15, 0.2) is 71.6 Å². The fourth-order valence-corrected chi connectivity index (χ4v) is 6.01. The number of anilines is 1. The molecule has 0 aliphatic rings. The van der Waals surface area contributed by atoms with E-state index in [1.54, 1.807) is 55.5 Å². The van der Waals surface area contributed by atoms with Gasteiger partial charge in [0.1, 0.15) is 12.6 Å². The first kappa shape index (κ1) is 33.0. The number of ether oxygens (including phenoxy) is 2. The second kappa shape index (κ2) is 14.6. The Morgan fingerprint density at radius 2 is 1.60 bits per heavy atom. The van der Waals surface area contributed by atoms with E-state index in [9.17, 15) is 18.0 Å². The Labute approximate surface area is 257 Å². The van der Waals surface area contributed by atoms with Gasteiger partial charge in [-0.3, -0.25) is 13.9 Å². The molecule has 0 aromatic heterocycles. The zero-order chi connectivity index (χ0) is 31.0. The number of hydrogen-bond acceptors (Lipinski definition) is 6. The molecule has 3 aromatic carbocycles. The van der Waals surface area contributed by atoms with Gasteiger partial charge in [-0.15, -0.1) is 0 Å². The Balaban J connectivity index is 2.06. The first-order valence-electron chi connectivity index (χ1n) is 13.3. The minimum absolute atomic E-state index is 0.0526. The number of rotatable bonds is 13. The lowest BCUT2D eigenvalue weighted by Crippen LogP contribution is -2.52. The van der Waals surface area contributed by atoms with E-state index in [1.165, 1.54) is 37.3 Å². The summed E-state index contributed by atoms with van der Waals surface area (Å²) in [6.07, 6.45) is 0.695. The van der Waals surface area contributed by atoms with E-state index < -0.39 is 28.5 Å². The van der Waals surface area contributed by atoms with Gasteiger partial charge in [-0.1, -0.05) is 54.4 Å². The van der Waals surface area contributed by atoms with Crippen LogP contribution in [-0.2, 0) is 26.2 Å². The van der Waals surface area contributed by atoms with Gasteiger partial charge in [-0.05, 0) is 62.2 Å². The highest BCUT2D eigenvalue weighted by Gasteiger charge is 2.33. The number of carbonyl (C=O) groups is 2. The summed E-state index contributed by atoms with van der Waals surface area (Å²) < 4.78 is 39.7. The highest BCUT2D eigenvalue weighted by Crippen LogP contribution is 2.32. The van der Waals surface area contributed by atoms with Crippen LogP contribution in [0, 0.1) is 0 Å². The van der Waals surface area contributed by atoms with Crippen molar-refractivity contribution in [1.82, 2.24) is 10.2 Å². The molecule has 0 fully saturated rings. The van der Waals surface area contributed by atoms with E-state index in [-0.39, 0.29) is 34.8 Å². The first-order valence-corrected chi connectivity index (χ1v) is 15.5. The number of sulfonamides is 1. The van der Waals surface area contributed by atoms with Crippen molar-refractivity contribution >= 4 is 50.7 Å². The summed E-state index contributed by atoms with van der Waals surface area (Å²) in [4.78, 5) is 28.4. The van der Waals surface area contributed by atoms with Crippen molar-refractivity contribution in [2.24, 2.45) is 0 Å². The quantitative estimate of drug-likeness (QED) is 0.264. The summed E-state index contributed by atoms with van der Waals surface area (Å²) in [7, 11) is -1.44. The molecule has 2 atom stereocenters. The standard InChI is InChI=1S/C30H35Cl2N3O6S/c1-6-20(2)33-30(37)21(3)34(18-22-12-13-23(31)16-26(22)32)29(36)19-35(24-10-8-7-9-11-24)42(38,39)25-14-15-27(40-4)28(17-25)41-5/h7-17,20-21H,6,18-19H2,1-5H3,(H,33,37)/t20-,21-/m1/s1. The fraction of sp³-hybridized carbons (Fsp3) is 0.333. The largest absolute Gasteiger partial charge is 0.493 e. The molecule has 2 amide bonds. The van der Waals surface area contributed by atoms with Gasteiger partial charge in [0.05, 0.1) is 24.8 Å². The second-order valence-electron chi connectivity index (χ2n) is 9.62. The summed E-state index contributed by atoms with van der Waals surface area (Å²) in [5, 5.41) is 3.62. The number of para-hydroxylation sites is 1. The minimum Gasteiger partial charge on any atom is -0.493 e. The van der Waals surface area contributed by atoms with Crippen molar-refractivity contribution in [3.05, 3.63) is 82.3 Å². The Morgan fingerprint density at radius 3 is 2.19 bits per heavy atom.